The molecule has 0 atom stereocenters. The number of benzene rings is 1. The number of phenolic OH excluding ortho intramolecular Hbond substituents is 1. The smallest absolute Gasteiger partial charge is 0.218 e. The van der Waals surface area contributed by atoms with E-state index in [0.29, 0.717) is 23.8 Å². The molecule has 0 bridgehead atoms. The largest absolute Gasteiger partial charge is 0.508 e. The number of aromatic hydroxyl groups is 1. The fraction of sp³-hybridized carbons (Fsp3) is 0.167. The summed E-state index contributed by atoms with van der Waals surface area (Å²) < 4.78 is 4.95. The number of aromatic nitrogens is 2. The Kier molecular flexibility index (Phi) is 3.80. The SMILES string of the molecule is COc1cc(N=NCc2ccccc2O)ncn1. The zero-order chi connectivity index (χ0) is 12.8. The van der Waals surface area contributed by atoms with Crippen LogP contribution in [0.1, 0.15) is 5.56 Å². The summed E-state index contributed by atoms with van der Waals surface area (Å²) in [5.41, 5.74) is 0.710. The monoisotopic (exact) mass is 244 g/mol. The molecule has 0 radical (unpaired) electrons. The number of ether oxygens (including phenoxy) is 1. The topological polar surface area (TPSA) is 80.0 Å². The van der Waals surface area contributed by atoms with Crippen molar-refractivity contribution in [1.82, 2.24) is 9.97 Å². The van der Waals surface area contributed by atoms with Gasteiger partial charge in [-0.25, -0.2) is 9.97 Å². The molecular formula is C12H12N4O2. The lowest BCUT2D eigenvalue weighted by atomic mass is 10.2. The Labute approximate surface area is 104 Å². The predicted molar refractivity (Wildman–Crippen MR) is 64.9 cm³/mol. The summed E-state index contributed by atoms with van der Waals surface area (Å²) in [6, 6.07) is 8.56. The van der Waals surface area contributed by atoms with E-state index in [4.69, 9.17) is 4.74 Å². The van der Waals surface area contributed by atoms with Gasteiger partial charge in [0.15, 0.2) is 5.82 Å². The highest BCUT2D eigenvalue weighted by molar-refractivity contribution is 5.32. The average Bonchev–Trinajstić information content (AvgIpc) is 2.41. The van der Waals surface area contributed by atoms with Gasteiger partial charge in [0.25, 0.3) is 0 Å². The summed E-state index contributed by atoms with van der Waals surface area (Å²) in [7, 11) is 1.52. The van der Waals surface area contributed by atoms with Crippen molar-refractivity contribution in [3.05, 3.63) is 42.2 Å². The quantitative estimate of drug-likeness (QED) is 0.838. The zero-order valence-corrected chi connectivity index (χ0v) is 9.82. The molecule has 6 nitrogen and oxygen atoms in total. The van der Waals surface area contributed by atoms with Gasteiger partial charge >= 0.3 is 0 Å². The van der Waals surface area contributed by atoms with E-state index in [1.165, 1.54) is 13.4 Å². The summed E-state index contributed by atoms with van der Waals surface area (Å²) in [6.07, 6.45) is 1.35. The summed E-state index contributed by atoms with van der Waals surface area (Å²) in [5.74, 6) is 1.05. The lowest BCUT2D eigenvalue weighted by Crippen LogP contribution is -1.87. The standard InChI is InChI=1S/C12H12N4O2/c1-18-12-6-11(13-8-14-12)16-15-7-9-4-2-3-5-10(9)17/h2-6,8,17H,7H2,1H3. The Bertz CT molecular complexity index is 557. The second kappa shape index (κ2) is 5.72. The highest BCUT2D eigenvalue weighted by Crippen LogP contribution is 2.18. The molecule has 0 aliphatic heterocycles. The Morgan fingerprint density at radius 1 is 1.28 bits per heavy atom. The number of azo groups is 1. The van der Waals surface area contributed by atoms with Gasteiger partial charge in [0.1, 0.15) is 12.1 Å². The van der Waals surface area contributed by atoms with E-state index in [2.05, 4.69) is 20.2 Å². The van der Waals surface area contributed by atoms with Crippen LogP contribution < -0.4 is 4.74 Å². The van der Waals surface area contributed by atoms with E-state index >= 15 is 0 Å². The molecule has 0 fully saturated rings. The van der Waals surface area contributed by atoms with Crippen LogP contribution in [0.5, 0.6) is 11.6 Å². The molecule has 0 saturated carbocycles. The first kappa shape index (κ1) is 12.0. The van der Waals surface area contributed by atoms with Crippen molar-refractivity contribution in [2.24, 2.45) is 10.2 Å². The second-order valence-corrected chi connectivity index (χ2v) is 3.45. The minimum Gasteiger partial charge on any atom is -0.508 e. The van der Waals surface area contributed by atoms with Crippen molar-refractivity contribution in [3.8, 4) is 11.6 Å². The van der Waals surface area contributed by atoms with Gasteiger partial charge in [-0.15, -0.1) is 5.11 Å². The molecule has 18 heavy (non-hydrogen) atoms. The summed E-state index contributed by atoms with van der Waals surface area (Å²) >= 11 is 0. The third-order valence-corrected chi connectivity index (χ3v) is 2.24. The zero-order valence-electron chi connectivity index (χ0n) is 9.82. The number of rotatable bonds is 4. The molecule has 0 aliphatic carbocycles. The normalized spacial score (nSPS) is 10.7. The molecule has 1 N–H and O–H groups in total. The van der Waals surface area contributed by atoms with E-state index in [0.717, 1.165) is 0 Å². The minimum atomic E-state index is 0.205. The Morgan fingerprint density at radius 2 is 2.11 bits per heavy atom. The van der Waals surface area contributed by atoms with Gasteiger partial charge in [-0.1, -0.05) is 18.2 Å². The van der Waals surface area contributed by atoms with Crippen LogP contribution in [0.2, 0.25) is 0 Å². The molecule has 1 heterocycles. The third-order valence-electron chi connectivity index (χ3n) is 2.24. The number of para-hydroxylation sites is 1. The lowest BCUT2D eigenvalue weighted by molar-refractivity contribution is 0.397. The predicted octanol–water partition coefficient (Wildman–Crippen LogP) is 2.47. The van der Waals surface area contributed by atoms with Crippen molar-refractivity contribution >= 4 is 5.82 Å². The number of hydrogen-bond acceptors (Lipinski definition) is 6. The van der Waals surface area contributed by atoms with Crippen molar-refractivity contribution < 1.29 is 9.84 Å². The van der Waals surface area contributed by atoms with E-state index in [9.17, 15) is 5.11 Å². The highest BCUT2D eigenvalue weighted by Gasteiger charge is 1.99. The molecule has 1 aromatic carbocycles. The van der Waals surface area contributed by atoms with Gasteiger partial charge in [0.2, 0.25) is 5.88 Å². The van der Waals surface area contributed by atoms with Crippen molar-refractivity contribution in [1.29, 1.82) is 0 Å². The fourth-order valence-corrected chi connectivity index (χ4v) is 1.32. The van der Waals surface area contributed by atoms with Crippen LogP contribution in [0.15, 0.2) is 46.9 Å². The van der Waals surface area contributed by atoms with Crippen LogP contribution in [0.4, 0.5) is 5.82 Å². The maximum absolute atomic E-state index is 9.54. The fourth-order valence-electron chi connectivity index (χ4n) is 1.32. The molecule has 2 rings (SSSR count). The number of hydrogen-bond donors (Lipinski definition) is 1. The van der Waals surface area contributed by atoms with Crippen LogP contribution in [-0.2, 0) is 6.54 Å². The molecule has 92 valence electrons. The van der Waals surface area contributed by atoms with Crippen molar-refractivity contribution in [3.63, 3.8) is 0 Å². The van der Waals surface area contributed by atoms with Gasteiger partial charge in [-0.2, -0.15) is 5.11 Å². The molecule has 2 aromatic rings. The van der Waals surface area contributed by atoms with Crippen molar-refractivity contribution in [2.45, 2.75) is 6.54 Å². The summed E-state index contributed by atoms with van der Waals surface area (Å²) in [6.45, 7) is 0.291. The molecule has 0 spiro atoms. The van der Waals surface area contributed by atoms with Gasteiger partial charge in [0.05, 0.1) is 13.7 Å². The Balaban J connectivity index is 2.05. The van der Waals surface area contributed by atoms with Gasteiger partial charge in [-0.05, 0) is 6.07 Å². The number of methoxy groups -OCH3 is 1. The molecule has 0 amide bonds. The Morgan fingerprint density at radius 3 is 2.89 bits per heavy atom. The Hall–Kier alpha value is -2.50. The van der Waals surface area contributed by atoms with E-state index in [1.54, 1.807) is 24.3 Å². The third kappa shape index (κ3) is 3.00. The summed E-state index contributed by atoms with van der Waals surface area (Å²) in [5, 5.41) is 17.4. The van der Waals surface area contributed by atoms with Crippen LogP contribution in [0, 0.1) is 0 Å². The molecule has 0 saturated heterocycles. The molecule has 0 aliphatic rings. The second-order valence-electron chi connectivity index (χ2n) is 3.45. The van der Waals surface area contributed by atoms with Crippen LogP contribution >= 0.6 is 0 Å². The lowest BCUT2D eigenvalue weighted by Gasteiger charge is -1.99. The van der Waals surface area contributed by atoms with Gasteiger partial charge in [-0.3, -0.25) is 0 Å². The van der Waals surface area contributed by atoms with Crippen LogP contribution in [0.25, 0.3) is 0 Å². The number of phenols is 1. The molecule has 0 unspecified atom stereocenters. The van der Waals surface area contributed by atoms with Gasteiger partial charge in [0, 0.05) is 11.6 Å². The maximum Gasteiger partial charge on any atom is 0.218 e. The minimum absolute atomic E-state index is 0.205. The van der Waals surface area contributed by atoms with Crippen LogP contribution in [-0.4, -0.2) is 22.2 Å². The first-order chi connectivity index (χ1) is 8.79. The first-order valence-electron chi connectivity index (χ1n) is 5.30. The number of nitrogens with zero attached hydrogens (tertiary/aromatic N) is 4. The van der Waals surface area contributed by atoms with Crippen molar-refractivity contribution in [2.75, 3.05) is 7.11 Å². The van der Waals surface area contributed by atoms with Crippen LogP contribution in [0.3, 0.4) is 0 Å². The highest BCUT2D eigenvalue weighted by atomic mass is 16.5. The van der Waals surface area contributed by atoms with Gasteiger partial charge < -0.3 is 9.84 Å². The molecule has 1 aromatic heterocycles. The molecule has 6 heteroatoms. The van der Waals surface area contributed by atoms with E-state index < -0.39 is 0 Å². The average molecular weight is 244 g/mol. The first-order valence-corrected chi connectivity index (χ1v) is 5.30. The molecular weight excluding hydrogens is 232 g/mol. The van der Waals surface area contributed by atoms with E-state index in [-0.39, 0.29) is 5.75 Å². The maximum atomic E-state index is 9.54. The summed E-state index contributed by atoms with van der Waals surface area (Å²) in [4.78, 5) is 7.79. The van der Waals surface area contributed by atoms with E-state index in [1.807, 2.05) is 6.07 Å².